The number of ether oxygens (including phenoxy) is 2. The summed E-state index contributed by atoms with van der Waals surface area (Å²) in [7, 11) is 6.13. The molecule has 13 heavy (non-hydrogen) atoms. The lowest BCUT2D eigenvalue weighted by Gasteiger charge is -2.24. The molecule has 0 saturated heterocycles. The van der Waals surface area contributed by atoms with E-state index in [-0.39, 0.29) is 0 Å². The van der Waals surface area contributed by atoms with Crippen LogP contribution in [0.25, 0.3) is 0 Å². The Bertz CT molecular complexity index is 210. The minimum atomic E-state index is -0.912. The lowest BCUT2D eigenvalue weighted by Crippen LogP contribution is -2.40. The molecule has 0 spiro atoms. The summed E-state index contributed by atoms with van der Waals surface area (Å²) in [5, 5.41) is 8.72. The zero-order valence-corrected chi connectivity index (χ0v) is 8.27. The number of hydrogen-bond acceptors (Lipinski definition) is 5. The summed E-state index contributed by atoms with van der Waals surface area (Å²) in [6, 6.07) is 1.84. The summed E-state index contributed by atoms with van der Waals surface area (Å²) in [4.78, 5) is 12.7. The molecule has 0 heterocycles. The molecular weight excluding hydrogens is 172 g/mol. The maximum atomic E-state index is 11.1. The summed E-state index contributed by atoms with van der Waals surface area (Å²) < 4.78 is 9.46. The molecule has 0 aliphatic rings. The summed E-state index contributed by atoms with van der Waals surface area (Å²) in [5.74, 6) is -1.49. The molecule has 0 radical (unpaired) electrons. The minimum Gasteiger partial charge on any atom is -0.468 e. The Morgan fingerprint density at radius 3 is 2.23 bits per heavy atom. The van der Waals surface area contributed by atoms with E-state index in [4.69, 9.17) is 10.00 Å². The van der Waals surface area contributed by atoms with Gasteiger partial charge in [-0.05, 0) is 14.1 Å². The average Bonchev–Trinajstić information content (AvgIpc) is 2.12. The highest BCUT2D eigenvalue weighted by molar-refractivity contribution is 5.75. The van der Waals surface area contributed by atoms with E-state index >= 15 is 0 Å². The van der Waals surface area contributed by atoms with Gasteiger partial charge in [-0.15, -0.1) is 0 Å². The van der Waals surface area contributed by atoms with E-state index in [1.54, 1.807) is 19.0 Å². The van der Waals surface area contributed by atoms with Gasteiger partial charge in [0.05, 0.1) is 13.2 Å². The van der Waals surface area contributed by atoms with Gasteiger partial charge >= 0.3 is 5.97 Å². The highest BCUT2D eigenvalue weighted by atomic mass is 16.5. The summed E-state index contributed by atoms with van der Waals surface area (Å²) in [6.07, 6.45) is -0.572. The third kappa shape index (κ3) is 3.01. The van der Waals surface area contributed by atoms with Crippen molar-refractivity contribution in [2.45, 2.75) is 6.23 Å². The molecule has 5 nitrogen and oxygen atoms in total. The van der Waals surface area contributed by atoms with Crippen LogP contribution in [0.15, 0.2) is 0 Å². The third-order valence-corrected chi connectivity index (χ3v) is 1.63. The van der Waals surface area contributed by atoms with Gasteiger partial charge in [0.25, 0.3) is 0 Å². The second kappa shape index (κ2) is 5.51. The van der Waals surface area contributed by atoms with Gasteiger partial charge in [-0.2, -0.15) is 5.26 Å². The van der Waals surface area contributed by atoms with Crippen LogP contribution in [0, 0.1) is 17.2 Å². The number of carbonyl (C=O) groups is 1. The third-order valence-electron chi connectivity index (χ3n) is 1.63. The lowest BCUT2D eigenvalue weighted by atomic mass is 10.1. The van der Waals surface area contributed by atoms with Gasteiger partial charge in [0.2, 0.25) is 0 Å². The fourth-order valence-electron chi connectivity index (χ4n) is 1.00. The molecular formula is C8H14N2O3. The van der Waals surface area contributed by atoms with Gasteiger partial charge in [0.15, 0.2) is 5.92 Å². The fraction of sp³-hybridized carbons (Fsp3) is 0.750. The molecule has 0 aromatic carbocycles. The zero-order valence-electron chi connectivity index (χ0n) is 8.27. The van der Waals surface area contributed by atoms with Gasteiger partial charge in [-0.3, -0.25) is 9.69 Å². The SMILES string of the molecule is COC(=O)C(C#N)C(OC)N(C)C. The van der Waals surface area contributed by atoms with Crippen molar-refractivity contribution in [1.29, 1.82) is 5.26 Å². The predicted octanol–water partition coefficient (Wildman–Crippen LogP) is -0.167. The van der Waals surface area contributed by atoms with E-state index in [9.17, 15) is 4.79 Å². The highest BCUT2D eigenvalue weighted by Crippen LogP contribution is 2.10. The van der Waals surface area contributed by atoms with Crippen LogP contribution in [0.2, 0.25) is 0 Å². The first-order valence-electron chi connectivity index (χ1n) is 3.75. The smallest absolute Gasteiger partial charge is 0.327 e. The first-order valence-corrected chi connectivity index (χ1v) is 3.75. The summed E-state index contributed by atoms with van der Waals surface area (Å²) >= 11 is 0. The topological polar surface area (TPSA) is 62.6 Å². The van der Waals surface area contributed by atoms with E-state index in [1.807, 2.05) is 6.07 Å². The van der Waals surface area contributed by atoms with Crippen LogP contribution in [0.4, 0.5) is 0 Å². The van der Waals surface area contributed by atoms with E-state index in [1.165, 1.54) is 14.2 Å². The number of rotatable bonds is 4. The molecule has 0 amide bonds. The number of nitrogens with zero attached hydrogens (tertiary/aromatic N) is 2. The molecule has 0 aromatic rings. The van der Waals surface area contributed by atoms with Gasteiger partial charge in [0.1, 0.15) is 6.23 Å². The van der Waals surface area contributed by atoms with E-state index in [2.05, 4.69) is 4.74 Å². The summed E-state index contributed by atoms with van der Waals surface area (Å²) in [6.45, 7) is 0. The maximum Gasteiger partial charge on any atom is 0.327 e. The van der Waals surface area contributed by atoms with Crippen LogP contribution in [0.3, 0.4) is 0 Å². The number of nitriles is 1. The number of hydrogen-bond donors (Lipinski definition) is 0. The number of carbonyl (C=O) groups excluding carboxylic acids is 1. The van der Waals surface area contributed by atoms with E-state index in [0.717, 1.165) is 0 Å². The van der Waals surface area contributed by atoms with E-state index in [0.29, 0.717) is 0 Å². The van der Waals surface area contributed by atoms with E-state index < -0.39 is 18.1 Å². The van der Waals surface area contributed by atoms with Crippen LogP contribution in [0.5, 0.6) is 0 Å². The van der Waals surface area contributed by atoms with Crippen LogP contribution >= 0.6 is 0 Å². The monoisotopic (exact) mass is 186 g/mol. The van der Waals surface area contributed by atoms with Gasteiger partial charge in [-0.25, -0.2) is 0 Å². The molecule has 0 rings (SSSR count). The zero-order chi connectivity index (χ0) is 10.4. The largest absolute Gasteiger partial charge is 0.468 e. The van der Waals surface area contributed by atoms with Crippen LogP contribution in [-0.4, -0.2) is 45.4 Å². The molecule has 74 valence electrons. The van der Waals surface area contributed by atoms with Crippen molar-refractivity contribution in [3.05, 3.63) is 0 Å². The number of methoxy groups -OCH3 is 2. The van der Waals surface area contributed by atoms with Crippen LogP contribution in [0.1, 0.15) is 0 Å². The van der Waals surface area contributed by atoms with Gasteiger partial charge in [0, 0.05) is 7.11 Å². The molecule has 0 aromatic heterocycles. The Morgan fingerprint density at radius 2 is 2.00 bits per heavy atom. The molecule has 0 aliphatic heterocycles. The highest BCUT2D eigenvalue weighted by Gasteiger charge is 2.30. The van der Waals surface area contributed by atoms with Crippen molar-refractivity contribution in [2.75, 3.05) is 28.3 Å². The number of esters is 1. The maximum absolute atomic E-state index is 11.1. The minimum absolute atomic E-state index is 0.572. The Morgan fingerprint density at radius 1 is 1.46 bits per heavy atom. The Kier molecular flexibility index (Phi) is 5.04. The molecule has 2 atom stereocenters. The normalized spacial score (nSPS) is 14.8. The fourth-order valence-corrected chi connectivity index (χ4v) is 1.00. The Labute approximate surface area is 77.8 Å². The lowest BCUT2D eigenvalue weighted by molar-refractivity contribution is -0.152. The van der Waals surface area contributed by atoms with Crippen LogP contribution < -0.4 is 0 Å². The van der Waals surface area contributed by atoms with Crippen molar-refractivity contribution < 1.29 is 14.3 Å². The molecule has 0 N–H and O–H groups in total. The van der Waals surface area contributed by atoms with Crippen molar-refractivity contribution >= 4 is 5.97 Å². The second-order valence-corrected chi connectivity index (χ2v) is 2.72. The first-order chi connectivity index (χ1) is 6.08. The molecule has 0 saturated carbocycles. The average molecular weight is 186 g/mol. The second-order valence-electron chi connectivity index (χ2n) is 2.72. The van der Waals surface area contributed by atoms with Crippen molar-refractivity contribution in [1.82, 2.24) is 4.90 Å². The Hall–Kier alpha value is -1.12. The molecule has 0 bridgehead atoms. The molecule has 0 aliphatic carbocycles. The van der Waals surface area contributed by atoms with Crippen molar-refractivity contribution in [3.8, 4) is 6.07 Å². The first kappa shape index (κ1) is 11.9. The van der Waals surface area contributed by atoms with Crippen molar-refractivity contribution in [2.24, 2.45) is 5.92 Å². The predicted molar refractivity (Wildman–Crippen MR) is 45.6 cm³/mol. The quantitative estimate of drug-likeness (QED) is 0.450. The molecule has 2 unspecified atom stereocenters. The molecule has 5 heteroatoms. The molecule has 0 fully saturated rings. The summed E-state index contributed by atoms with van der Waals surface area (Å²) in [5.41, 5.74) is 0. The standard InChI is InChI=1S/C8H14N2O3/c1-10(2)7(12-3)6(5-9)8(11)13-4/h6-7H,1-4H3. The van der Waals surface area contributed by atoms with Crippen molar-refractivity contribution in [3.63, 3.8) is 0 Å². The van der Waals surface area contributed by atoms with Gasteiger partial charge < -0.3 is 9.47 Å². The van der Waals surface area contributed by atoms with Crippen LogP contribution in [-0.2, 0) is 14.3 Å². The van der Waals surface area contributed by atoms with Gasteiger partial charge in [-0.1, -0.05) is 0 Å². The Balaban J connectivity index is 4.55.